The van der Waals surface area contributed by atoms with Crippen LogP contribution in [0.1, 0.15) is 5.56 Å². The summed E-state index contributed by atoms with van der Waals surface area (Å²) in [5.74, 6) is -0.0209. The van der Waals surface area contributed by atoms with Crippen LogP contribution in [-0.2, 0) is 0 Å². The van der Waals surface area contributed by atoms with Crippen molar-refractivity contribution in [2.45, 2.75) is 6.92 Å². The van der Waals surface area contributed by atoms with E-state index < -0.39 is 0 Å². The van der Waals surface area contributed by atoms with Gasteiger partial charge in [0.05, 0.1) is 5.56 Å². The summed E-state index contributed by atoms with van der Waals surface area (Å²) in [6.07, 6.45) is 0. The number of anilines is 1. The number of halogens is 2. The highest BCUT2D eigenvalue weighted by molar-refractivity contribution is 14.1. The first kappa shape index (κ1) is 14.1. The van der Waals surface area contributed by atoms with E-state index in [-0.39, 0.29) is 11.7 Å². The Kier molecular flexibility index (Phi) is 3.67. The first-order valence-corrected chi connectivity index (χ1v) is 7.42. The molecule has 0 aliphatic carbocycles. The van der Waals surface area contributed by atoms with Crippen molar-refractivity contribution in [1.29, 1.82) is 0 Å². The molecule has 0 radical (unpaired) electrons. The molecule has 0 saturated carbocycles. The number of nitrogen functional groups attached to an aromatic ring is 1. The lowest BCUT2D eigenvalue weighted by molar-refractivity contribution is 0.439. The van der Waals surface area contributed by atoms with E-state index in [2.05, 4.69) is 27.7 Å². The number of aryl methyl sites for hydroxylation is 1. The Morgan fingerprint density at radius 1 is 1.19 bits per heavy atom. The Balaban J connectivity index is 2.22. The van der Waals surface area contributed by atoms with Gasteiger partial charge in [-0.25, -0.2) is 4.39 Å². The molecular formula is C16H12FIN2O. The number of hydrogen-bond acceptors (Lipinski definition) is 3. The third-order valence-corrected chi connectivity index (χ3v) is 4.10. The molecule has 0 aliphatic heterocycles. The minimum atomic E-state index is -0.281. The molecule has 0 amide bonds. The van der Waals surface area contributed by atoms with E-state index in [1.807, 2.05) is 31.2 Å². The van der Waals surface area contributed by atoms with Crippen molar-refractivity contribution in [1.82, 2.24) is 5.16 Å². The molecule has 0 atom stereocenters. The summed E-state index contributed by atoms with van der Waals surface area (Å²) in [5.41, 5.74) is 10.2. The van der Waals surface area contributed by atoms with E-state index in [1.165, 1.54) is 12.1 Å². The molecular weight excluding hydrogens is 382 g/mol. The van der Waals surface area contributed by atoms with Crippen LogP contribution in [0, 0.1) is 16.3 Å². The summed E-state index contributed by atoms with van der Waals surface area (Å²) in [6, 6.07) is 12.5. The van der Waals surface area contributed by atoms with Crippen molar-refractivity contribution < 1.29 is 8.91 Å². The molecule has 2 aromatic carbocycles. The minimum absolute atomic E-state index is 0.260. The lowest BCUT2D eigenvalue weighted by Crippen LogP contribution is -1.90. The van der Waals surface area contributed by atoms with Crippen molar-refractivity contribution in [3.05, 3.63) is 57.4 Å². The fourth-order valence-corrected chi connectivity index (χ4v) is 2.98. The molecule has 0 aliphatic rings. The van der Waals surface area contributed by atoms with Gasteiger partial charge in [-0.1, -0.05) is 35.0 Å². The summed E-state index contributed by atoms with van der Waals surface area (Å²) >= 11 is 2.08. The van der Waals surface area contributed by atoms with Gasteiger partial charge in [0.25, 0.3) is 0 Å². The summed E-state index contributed by atoms with van der Waals surface area (Å²) in [4.78, 5) is 0. The highest BCUT2D eigenvalue weighted by atomic mass is 127. The molecule has 106 valence electrons. The van der Waals surface area contributed by atoms with Gasteiger partial charge in [0.2, 0.25) is 5.88 Å². The molecule has 3 rings (SSSR count). The molecule has 3 aromatic rings. The largest absolute Gasteiger partial charge is 0.367 e. The molecule has 21 heavy (non-hydrogen) atoms. The van der Waals surface area contributed by atoms with Gasteiger partial charge in [0, 0.05) is 9.13 Å². The van der Waals surface area contributed by atoms with E-state index in [4.69, 9.17) is 10.3 Å². The molecule has 0 saturated heterocycles. The molecule has 5 heteroatoms. The minimum Gasteiger partial charge on any atom is -0.367 e. The number of rotatable bonds is 2. The fraction of sp³-hybridized carbons (Fsp3) is 0.0625. The van der Waals surface area contributed by atoms with Crippen LogP contribution in [0.15, 0.2) is 47.0 Å². The maximum atomic E-state index is 13.3. The third-order valence-electron chi connectivity index (χ3n) is 3.21. The zero-order valence-electron chi connectivity index (χ0n) is 11.2. The van der Waals surface area contributed by atoms with Crippen LogP contribution < -0.4 is 5.73 Å². The number of nitrogens with zero attached hydrogens (tertiary/aromatic N) is 1. The van der Waals surface area contributed by atoms with Gasteiger partial charge in [-0.3, -0.25) is 0 Å². The van der Waals surface area contributed by atoms with Gasteiger partial charge in [-0.05, 0) is 53.3 Å². The predicted octanol–water partition coefficient (Wildman–Crippen LogP) is 4.64. The van der Waals surface area contributed by atoms with Crippen molar-refractivity contribution in [2.75, 3.05) is 5.73 Å². The van der Waals surface area contributed by atoms with Gasteiger partial charge in [-0.2, -0.15) is 0 Å². The van der Waals surface area contributed by atoms with Gasteiger partial charge in [0.15, 0.2) is 0 Å². The van der Waals surface area contributed by atoms with Gasteiger partial charge < -0.3 is 10.3 Å². The topological polar surface area (TPSA) is 52.0 Å². The van der Waals surface area contributed by atoms with E-state index in [9.17, 15) is 4.39 Å². The molecule has 3 nitrogen and oxygen atoms in total. The summed E-state index contributed by atoms with van der Waals surface area (Å²) in [5, 5.41) is 4.06. The van der Waals surface area contributed by atoms with E-state index in [0.717, 1.165) is 25.8 Å². The smallest absolute Gasteiger partial charge is 0.230 e. The van der Waals surface area contributed by atoms with Crippen LogP contribution in [0.25, 0.3) is 22.4 Å². The third kappa shape index (κ3) is 2.65. The molecule has 2 N–H and O–H groups in total. The van der Waals surface area contributed by atoms with E-state index in [1.54, 1.807) is 6.07 Å². The van der Waals surface area contributed by atoms with Crippen LogP contribution in [-0.4, -0.2) is 5.16 Å². The number of aromatic nitrogens is 1. The van der Waals surface area contributed by atoms with Crippen LogP contribution >= 0.6 is 22.6 Å². The first-order chi connectivity index (χ1) is 10.1. The highest BCUT2D eigenvalue weighted by Gasteiger charge is 2.19. The second kappa shape index (κ2) is 5.48. The summed E-state index contributed by atoms with van der Waals surface area (Å²) < 4.78 is 19.2. The molecule has 0 unspecified atom stereocenters. The second-order valence-electron chi connectivity index (χ2n) is 4.76. The molecule has 1 heterocycles. The maximum Gasteiger partial charge on any atom is 0.230 e. The van der Waals surface area contributed by atoms with Gasteiger partial charge in [0.1, 0.15) is 11.5 Å². The second-order valence-corrected chi connectivity index (χ2v) is 5.93. The average Bonchev–Trinajstić information content (AvgIpc) is 2.80. The number of nitrogens with two attached hydrogens (primary N) is 1. The standard InChI is InChI=1S/C16H12FIN2O/c1-9-3-2-4-10(7-9)14-15(20-21-16(14)19)12-6-5-11(17)8-13(12)18/h2-8H,19H2,1H3. The maximum absolute atomic E-state index is 13.3. The fourth-order valence-electron chi connectivity index (χ4n) is 2.25. The zero-order chi connectivity index (χ0) is 15.0. The normalized spacial score (nSPS) is 10.8. The zero-order valence-corrected chi connectivity index (χ0v) is 13.4. The number of benzene rings is 2. The van der Waals surface area contributed by atoms with Crippen molar-refractivity contribution in [3.8, 4) is 22.4 Å². The Hall–Kier alpha value is -1.89. The number of hydrogen-bond donors (Lipinski definition) is 1. The van der Waals surface area contributed by atoms with Gasteiger partial charge in [-0.15, -0.1) is 0 Å². The molecule has 0 spiro atoms. The molecule has 0 bridgehead atoms. The quantitative estimate of drug-likeness (QED) is 0.645. The van der Waals surface area contributed by atoms with E-state index >= 15 is 0 Å². The summed E-state index contributed by atoms with van der Waals surface area (Å²) in [6.45, 7) is 2.01. The Labute approximate surface area is 135 Å². The monoisotopic (exact) mass is 394 g/mol. The summed E-state index contributed by atoms with van der Waals surface area (Å²) in [7, 11) is 0. The van der Waals surface area contributed by atoms with Crippen molar-refractivity contribution >= 4 is 28.5 Å². The van der Waals surface area contributed by atoms with Crippen LogP contribution in [0.4, 0.5) is 10.3 Å². The first-order valence-electron chi connectivity index (χ1n) is 6.34. The Morgan fingerprint density at radius 3 is 2.71 bits per heavy atom. The average molecular weight is 394 g/mol. The van der Waals surface area contributed by atoms with E-state index in [0.29, 0.717) is 5.69 Å². The predicted molar refractivity (Wildman–Crippen MR) is 89.2 cm³/mol. The van der Waals surface area contributed by atoms with Crippen LogP contribution in [0.2, 0.25) is 0 Å². The highest BCUT2D eigenvalue weighted by Crippen LogP contribution is 2.38. The van der Waals surface area contributed by atoms with Gasteiger partial charge >= 0.3 is 0 Å². The lowest BCUT2D eigenvalue weighted by atomic mass is 9.99. The Morgan fingerprint density at radius 2 is 2.00 bits per heavy atom. The molecule has 1 aromatic heterocycles. The van der Waals surface area contributed by atoms with Crippen LogP contribution in [0.5, 0.6) is 0 Å². The SMILES string of the molecule is Cc1cccc(-c2c(-c3ccc(F)cc3I)noc2N)c1. The molecule has 0 fully saturated rings. The Bertz CT molecular complexity index is 814. The van der Waals surface area contributed by atoms with Crippen molar-refractivity contribution in [2.24, 2.45) is 0 Å². The van der Waals surface area contributed by atoms with Crippen molar-refractivity contribution in [3.63, 3.8) is 0 Å². The van der Waals surface area contributed by atoms with Crippen LogP contribution in [0.3, 0.4) is 0 Å². The lowest BCUT2D eigenvalue weighted by Gasteiger charge is -2.06.